The Morgan fingerprint density at radius 1 is 1.00 bits per heavy atom. The Morgan fingerprint density at radius 3 is 2.33 bits per heavy atom. The topological polar surface area (TPSA) is 26.0 Å². The van der Waals surface area contributed by atoms with Crippen molar-refractivity contribution >= 4 is 11.8 Å². The third-order valence-electron chi connectivity index (χ3n) is 2.50. The van der Waals surface area contributed by atoms with Crippen LogP contribution < -0.4 is 5.73 Å². The second kappa shape index (κ2) is 5.98. The van der Waals surface area contributed by atoms with Gasteiger partial charge in [-0.2, -0.15) is 0 Å². The molecule has 0 aliphatic rings. The fourth-order valence-electron chi connectivity index (χ4n) is 1.58. The summed E-state index contributed by atoms with van der Waals surface area (Å²) >= 11 is 1.46. The van der Waals surface area contributed by atoms with E-state index < -0.39 is 0 Å². The van der Waals surface area contributed by atoms with E-state index >= 15 is 0 Å². The molecule has 0 fully saturated rings. The van der Waals surface area contributed by atoms with Gasteiger partial charge >= 0.3 is 0 Å². The van der Waals surface area contributed by atoms with Crippen molar-refractivity contribution in [3.63, 3.8) is 0 Å². The number of thioether (sulfide) groups is 1. The molecular weight excluding hydrogens is 252 g/mol. The number of hydrogen-bond acceptors (Lipinski definition) is 2. The maximum Gasteiger partial charge on any atom is 0.124 e. The molecule has 4 heteroatoms. The standard InChI is InChI=1S/C14H13F2NS/c15-11-4-1-3-10(7-11)14(17)9-18-13-6-2-5-12(16)8-13/h1-8,14H,9,17H2. The van der Waals surface area contributed by atoms with Gasteiger partial charge in [0.25, 0.3) is 0 Å². The lowest BCUT2D eigenvalue weighted by atomic mass is 10.1. The quantitative estimate of drug-likeness (QED) is 0.852. The van der Waals surface area contributed by atoms with Crippen molar-refractivity contribution in [2.75, 3.05) is 5.75 Å². The maximum atomic E-state index is 13.0. The van der Waals surface area contributed by atoms with Gasteiger partial charge in [0.05, 0.1) is 0 Å². The third-order valence-corrected chi connectivity index (χ3v) is 3.62. The molecule has 94 valence electrons. The highest BCUT2D eigenvalue weighted by atomic mass is 32.2. The molecule has 0 aromatic heterocycles. The molecule has 18 heavy (non-hydrogen) atoms. The molecule has 0 radical (unpaired) electrons. The molecule has 0 saturated heterocycles. The number of rotatable bonds is 4. The summed E-state index contributed by atoms with van der Waals surface area (Å²) in [5.41, 5.74) is 6.72. The minimum absolute atomic E-state index is 0.265. The van der Waals surface area contributed by atoms with Crippen LogP contribution in [0.2, 0.25) is 0 Å². The summed E-state index contributed by atoms with van der Waals surface area (Å²) in [5, 5.41) is 0. The minimum Gasteiger partial charge on any atom is -0.323 e. The van der Waals surface area contributed by atoms with Crippen LogP contribution in [0.1, 0.15) is 11.6 Å². The van der Waals surface area contributed by atoms with Crippen LogP contribution in [0.3, 0.4) is 0 Å². The van der Waals surface area contributed by atoms with E-state index in [4.69, 9.17) is 5.73 Å². The third kappa shape index (κ3) is 3.55. The average Bonchev–Trinajstić information content (AvgIpc) is 2.36. The predicted molar refractivity (Wildman–Crippen MR) is 70.5 cm³/mol. The number of hydrogen-bond donors (Lipinski definition) is 1. The summed E-state index contributed by atoms with van der Waals surface area (Å²) in [7, 11) is 0. The average molecular weight is 265 g/mol. The summed E-state index contributed by atoms with van der Waals surface area (Å²) in [5.74, 6) is 0.0189. The summed E-state index contributed by atoms with van der Waals surface area (Å²) in [6.45, 7) is 0. The van der Waals surface area contributed by atoms with E-state index in [-0.39, 0.29) is 17.7 Å². The van der Waals surface area contributed by atoms with Crippen molar-refractivity contribution in [2.45, 2.75) is 10.9 Å². The molecule has 1 atom stereocenters. The minimum atomic E-state index is -0.293. The first kappa shape index (κ1) is 13.1. The molecule has 0 saturated carbocycles. The molecule has 0 spiro atoms. The Kier molecular flexibility index (Phi) is 4.33. The highest BCUT2D eigenvalue weighted by Crippen LogP contribution is 2.24. The summed E-state index contributed by atoms with van der Waals surface area (Å²) in [4.78, 5) is 0.821. The van der Waals surface area contributed by atoms with Gasteiger partial charge in [0, 0.05) is 16.7 Å². The lowest BCUT2D eigenvalue weighted by Crippen LogP contribution is -2.13. The second-order valence-corrected chi connectivity index (χ2v) is 5.02. The number of benzene rings is 2. The fourth-order valence-corrected chi connectivity index (χ4v) is 2.51. The first-order chi connectivity index (χ1) is 8.65. The summed E-state index contributed by atoms with van der Waals surface area (Å²) < 4.78 is 26.0. The molecule has 2 N–H and O–H groups in total. The molecule has 0 amide bonds. The van der Waals surface area contributed by atoms with Gasteiger partial charge in [-0.25, -0.2) is 8.78 Å². The molecule has 2 aromatic rings. The summed E-state index contributed by atoms with van der Waals surface area (Å²) in [6, 6.07) is 12.3. The molecule has 0 aliphatic carbocycles. The molecule has 0 aliphatic heterocycles. The predicted octanol–water partition coefficient (Wildman–Crippen LogP) is 3.76. The Labute approximate surface area is 109 Å². The number of nitrogens with two attached hydrogens (primary N) is 1. The van der Waals surface area contributed by atoms with E-state index in [1.807, 2.05) is 6.07 Å². The Morgan fingerprint density at radius 2 is 1.67 bits per heavy atom. The van der Waals surface area contributed by atoms with Gasteiger partial charge in [-0.1, -0.05) is 18.2 Å². The molecule has 1 nitrogen and oxygen atoms in total. The van der Waals surface area contributed by atoms with Gasteiger partial charge < -0.3 is 5.73 Å². The normalized spacial score (nSPS) is 12.4. The molecular formula is C14H13F2NS. The van der Waals surface area contributed by atoms with E-state index in [0.29, 0.717) is 5.75 Å². The van der Waals surface area contributed by atoms with Crippen molar-refractivity contribution in [3.8, 4) is 0 Å². The lowest BCUT2D eigenvalue weighted by molar-refractivity contribution is 0.622. The molecule has 2 rings (SSSR count). The zero-order valence-corrected chi connectivity index (χ0v) is 10.5. The van der Waals surface area contributed by atoms with Gasteiger partial charge in [-0.3, -0.25) is 0 Å². The van der Waals surface area contributed by atoms with Crippen LogP contribution in [-0.4, -0.2) is 5.75 Å². The van der Waals surface area contributed by atoms with Crippen molar-refractivity contribution in [3.05, 3.63) is 65.7 Å². The van der Waals surface area contributed by atoms with Crippen LogP contribution in [-0.2, 0) is 0 Å². The van der Waals surface area contributed by atoms with Crippen LogP contribution >= 0.6 is 11.8 Å². The highest BCUT2D eigenvalue weighted by molar-refractivity contribution is 7.99. The van der Waals surface area contributed by atoms with Crippen molar-refractivity contribution < 1.29 is 8.78 Å². The molecule has 0 heterocycles. The van der Waals surface area contributed by atoms with Gasteiger partial charge in [-0.05, 0) is 35.9 Å². The van der Waals surface area contributed by atoms with Crippen LogP contribution in [0, 0.1) is 11.6 Å². The van der Waals surface area contributed by atoms with Gasteiger partial charge in [0.1, 0.15) is 11.6 Å². The van der Waals surface area contributed by atoms with E-state index in [9.17, 15) is 8.78 Å². The number of halogens is 2. The second-order valence-electron chi connectivity index (χ2n) is 3.93. The lowest BCUT2D eigenvalue weighted by Gasteiger charge is -2.11. The van der Waals surface area contributed by atoms with Crippen LogP contribution in [0.5, 0.6) is 0 Å². The molecule has 0 bridgehead atoms. The summed E-state index contributed by atoms with van der Waals surface area (Å²) in [6.07, 6.45) is 0. The van der Waals surface area contributed by atoms with Crippen LogP contribution in [0.4, 0.5) is 8.78 Å². The first-order valence-corrected chi connectivity index (χ1v) is 6.53. The van der Waals surface area contributed by atoms with Gasteiger partial charge in [0.2, 0.25) is 0 Å². The highest BCUT2D eigenvalue weighted by Gasteiger charge is 2.07. The van der Waals surface area contributed by atoms with Crippen LogP contribution in [0.25, 0.3) is 0 Å². The van der Waals surface area contributed by atoms with Gasteiger partial charge in [0.15, 0.2) is 0 Å². The van der Waals surface area contributed by atoms with E-state index in [1.165, 1.54) is 36.0 Å². The maximum absolute atomic E-state index is 13.0. The largest absolute Gasteiger partial charge is 0.323 e. The Hall–Kier alpha value is -1.39. The zero-order chi connectivity index (χ0) is 13.0. The fraction of sp³-hybridized carbons (Fsp3) is 0.143. The monoisotopic (exact) mass is 265 g/mol. The van der Waals surface area contributed by atoms with E-state index in [2.05, 4.69) is 0 Å². The molecule has 2 aromatic carbocycles. The van der Waals surface area contributed by atoms with E-state index in [0.717, 1.165) is 10.5 Å². The van der Waals surface area contributed by atoms with Gasteiger partial charge in [-0.15, -0.1) is 11.8 Å². The first-order valence-electron chi connectivity index (χ1n) is 5.54. The smallest absolute Gasteiger partial charge is 0.124 e. The van der Waals surface area contributed by atoms with Crippen molar-refractivity contribution in [1.29, 1.82) is 0 Å². The molecule has 1 unspecified atom stereocenters. The Balaban J connectivity index is 1.98. The zero-order valence-electron chi connectivity index (χ0n) is 9.64. The van der Waals surface area contributed by atoms with Crippen molar-refractivity contribution in [1.82, 2.24) is 0 Å². The van der Waals surface area contributed by atoms with Crippen LogP contribution in [0.15, 0.2) is 53.4 Å². The SMILES string of the molecule is NC(CSc1cccc(F)c1)c1cccc(F)c1. The van der Waals surface area contributed by atoms with Crippen molar-refractivity contribution in [2.24, 2.45) is 5.73 Å². The van der Waals surface area contributed by atoms with E-state index in [1.54, 1.807) is 18.2 Å². The Bertz CT molecular complexity index is 531.